The Hall–Kier alpha value is -1.69. The zero-order valence-electron chi connectivity index (χ0n) is 10.1. The van der Waals surface area contributed by atoms with Gasteiger partial charge in [-0.2, -0.15) is 5.26 Å². The van der Waals surface area contributed by atoms with Crippen molar-refractivity contribution in [3.05, 3.63) is 23.8 Å². The molecule has 86 valence electrons. The van der Waals surface area contributed by atoms with Crippen molar-refractivity contribution < 1.29 is 0 Å². The van der Waals surface area contributed by atoms with Crippen LogP contribution >= 0.6 is 0 Å². The van der Waals surface area contributed by atoms with Gasteiger partial charge in [-0.25, -0.2) is 0 Å². The maximum atomic E-state index is 8.89. The summed E-state index contributed by atoms with van der Waals surface area (Å²) in [6.45, 7) is 6.52. The Morgan fingerprint density at radius 1 is 1.44 bits per heavy atom. The molecule has 3 nitrogen and oxygen atoms in total. The van der Waals surface area contributed by atoms with Gasteiger partial charge in [-0.05, 0) is 30.5 Å². The molecule has 0 heterocycles. The molecule has 1 aromatic carbocycles. The first-order chi connectivity index (χ1) is 7.58. The van der Waals surface area contributed by atoms with Gasteiger partial charge in [0.1, 0.15) is 6.07 Å². The van der Waals surface area contributed by atoms with Crippen molar-refractivity contribution >= 4 is 11.4 Å². The van der Waals surface area contributed by atoms with Crippen molar-refractivity contribution in [2.45, 2.75) is 33.2 Å². The summed E-state index contributed by atoms with van der Waals surface area (Å²) in [6, 6.07) is 8.01. The Kier molecular flexibility index (Phi) is 4.19. The molecule has 0 fully saturated rings. The fraction of sp³-hybridized carbons (Fsp3) is 0.462. The Morgan fingerprint density at radius 2 is 2.12 bits per heavy atom. The van der Waals surface area contributed by atoms with E-state index in [2.05, 4.69) is 32.2 Å². The van der Waals surface area contributed by atoms with Crippen LogP contribution in [0.4, 0.5) is 11.4 Å². The SMILES string of the molecule is CCC(Nc1ccc(N)c(C#N)c1)C(C)C. The lowest BCUT2D eigenvalue weighted by molar-refractivity contribution is 0.511. The number of nitrogen functional groups attached to an aromatic ring is 1. The molecular formula is C13H19N3. The van der Waals surface area contributed by atoms with E-state index in [1.807, 2.05) is 6.07 Å². The van der Waals surface area contributed by atoms with Crippen molar-refractivity contribution in [1.29, 1.82) is 5.26 Å². The molecule has 1 aromatic rings. The molecular weight excluding hydrogens is 198 g/mol. The largest absolute Gasteiger partial charge is 0.398 e. The first-order valence-electron chi connectivity index (χ1n) is 5.64. The van der Waals surface area contributed by atoms with Crippen LogP contribution in [0.1, 0.15) is 32.8 Å². The van der Waals surface area contributed by atoms with E-state index >= 15 is 0 Å². The van der Waals surface area contributed by atoms with Crippen molar-refractivity contribution in [2.75, 3.05) is 11.1 Å². The third-order valence-corrected chi connectivity index (χ3v) is 2.77. The van der Waals surface area contributed by atoms with Crippen molar-refractivity contribution in [1.82, 2.24) is 0 Å². The van der Waals surface area contributed by atoms with Crippen LogP contribution in [-0.4, -0.2) is 6.04 Å². The van der Waals surface area contributed by atoms with Gasteiger partial charge in [0, 0.05) is 17.4 Å². The number of benzene rings is 1. The smallest absolute Gasteiger partial charge is 0.101 e. The Bertz CT molecular complexity index is 391. The second-order valence-corrected chi connectivity index (χ2v) is 4.32. The minimum atomic E-state index is 0.426. The second-order valence-electron chi connectivity index (χ2n) is 4.32. The number of anilines is 2. The fourth-order valence-corrected chi connectivity index (χ4v) is 1.70. The molecule has 0 saturated heterocycles. The topological polar surface area (TPSA) is 61.8 Å². The molecule has 0 radical (unpaired) electrons. The van der Waals surface area contributed by atoms with Crippen LogP contribution in [0.5, 0.6) is 0 Å². The van der Waals surface area contributed by atoms with E-state index in [0.717, 1.165) is 12.1 Å². The van der Waals surface area contributed by atoms with E-state index < -0.39 is 0 Å². The van der Waals surface area contributed by atoms with Crippen molar-refractivity contribution in [3.8, 4) is 6.07 Å². The highest BCUT2D eigenvalue weighted by molar-refractivity contribution is 5.62. The third-order valence-electron chi connectivity index (χ3n) is 2.77. The first kappa shape index (κ1) is 12.4. The average molecular weight is 217 g/mol. The van der Waals surface area contributed by atoms with Gasteiger partial charge in [-0.1, -0.05) is 20.8 Å². The number of nitrogens with one attached hydrogen (secondary N) is 1. The van der Waals surface area contributed by atoms with E-state index in [4.69, 9.17) is 11.0 Å². The maximum absolute atomic E-state index is 8.89. The molecule has 3 heteroatoms. The normalized spacial score (nSPS) is 12.2. The van der Waals surface area contributed by atoms with E-state index in [1.54, 1.807) is 12.1 Å². The standard InChI is InChI=1S/C13H19N3/c1-4-13(9(2)3)16-11-5-6-12(15)10(7-11)8-14/h5-7,9,13,16H,4,15H2,1-3H3. The van der Waals surface area contributed by atoms with Gasteiger partial charge in [0.25, 0.3) is 0 Å². The lowest BCUT2D eigenvalue weighted by atomic mass is 10.0. The minimum absolute atomic E-state index is 0.426. The number of rotatable bonds is 4. The van der Waals surface area contributed by atoms with Crippen LogP contribution in [0.3, 0.4) is 0 Å². The van der Waals surface area contributed by atoms with Crippen LogP contribution in [0.25, 0.3) is 0 Å². The second kappa shape index (κ2) is 5.41. The summed E-state index contributed by atoms with van der Waals surface area (Å²) in [5, 5.41) is 12.3. The minimum Gasteiger partial charge on any atom is -0.398 e. The van der Waals surface area contributed by atoms with Gasteiger partial charge < -0.3 is 11.1 Å². The highest BCUT2D eigenvalue weighted by Gasteiger charge is 2.11. The molecule has 0 aromatic heterocycles. The Labute approximate surface area is 97.3 Å². The molecule has 3 N–H and O–H groups in total. The molecule has 1 unspecified atom stereocenters. The van der Waals surface area contributed by atoms with Gasteiger partial charge >= 0.3 is 0 Å². The van der Waals surface area contributed by atoms with E-state index in [9.17, 15) is 0 Å². The number of nitrogens with zero attached hydrogens (tertiary/aromatic N) is 1. The van der Waals surface area contributed by atoms with E-state index in [1.165, 1.54) is 0 Å². The third kappa shape index (κ3) is 2.90. The number of hydrogen-bond acceptors (Lipinski definition) is 3. The van der Waals surface area contributed by atoms with Crippen molar-refractivity contribution in [2.24, 2.45) is 5.92 Å². The summed E-state index contributed by atoms with van der Waals surface area (Å²) in [7, 11) is 0. The van der Waals surface area contributed by atoms with E-state index in [0.29, 0.717) is 23.2 Å². The van der Waals surface area contributed by atoms with Crippen LogP contribution in [0, 0.1) is 17.2 Å². The summed E-state index contributed by atoms with van der Waals surface area (Å²) >= 11 is 0. The molecule has 16 heavy (non-hydrogen) atoms. The molecule has 0 amide bonds. The van der Waals surface area contributed by atoms with Crippen LogP contribution in [0.2, 0.25) is 0 Å². The highest BCUT2D eigenvalue weighted by Crippen LogP contribution is 2.20. The van der Waals surface area contributed by atoms with Gasteiger partial charge in [-0.3, -0.25) is 0 Å². The zero-order chi connectivity index (χ0) is 12.1. The molecule has 0 aliphatic heterocycles. The molecule has 1 atom stereocenters. The van der Waals surface area contributed by atoms with Crippen molar-refractivity contribution in [3.63, 3.8) is 0 Å². The lowest BCUT2D eigenvalue weighted by Gasteiger charge is -2.22. The first-order valence-corrected chi connectivity index (χ1v) is 5.64. The van der Waals surface area contributed by atoms with E-state index in [-0.39, 0.29) is 0 Å². The average Bonchev–Trinajstić information content (AvgIpc) is 2.27. The molecule has 0 saturated carbocycles. The zero-order valence-corrected chi connectivity index (χ0v) is 10.1. The monoisotopic (exact) mass is 217 g/mol. The molecule has 0 spiro atoms. The lowest BCUT2D eigenvalue weighted by Crippen LogP contribution is -2.24. The summed E-state index contributed by atoms with van der Waals surface area (Å²) in [4.78, 5) is 0. The molecule has 0 aliphatic carbocycles. The van der Waals surface area contributed by atoms with Gasteiger partial charge in [0.05, 0.1) is 5.56 Å². The Morgan fingerprint density at radius 3 is 2.62 bits per heavy atom. The number of nitrogens with two attached hydrogens (primary N) is 1. The number of nitriles is 1. The van der Waals surface area contributed by atoms with Crippen LogP contribution in [0.15, 0.2) is 18.2 Å². The van der Waals surface area contributed by atoms with Gasteiger partial charge in [0.2, 0.25) is 0 Å². The maximum Gasteiger partial charge on any atom is 0.101 e. The molecule has 1 rings (SSSR count). The Balaban J connectivity index is 2.86. The van der Waals surface area contributed by atoms with Gasteiger partial charge in [0.15, 0.2) is 0 Å². The predicted octanol–water partition coefficient (Wildman–Crippen LogP) is 2.99. The predicted molar refractivity (Wildman–Crippen MR) is 68.1 cm³/mol. The van der Waals surface area contributed by atoms with Crippen LogP contribution < -0.4 is 11.1 Å². The number of hydrogen-bond donors (Lipinski definition) is 2. The van der Waals surface area contributed by atoms with Crippen LogP contribution in [-0.2, 0) is 0 Å². The fourth-order valence-electron chi connectivity index (χ4n) is 1.70. The summed E-state index contributed by atoms with van der Waals surface area (Å²) in [5.41, 5.74) is 7.70. The quantitative estimate of drug-likeness (QED) is 0.762. The summed E-state index contributed by atoms with van der Waals surface area (Å²) in [6.07, 6.45) is 1.06. The summed E-state index contributed by atoms with van der Waals surface area (Å²) < 4.78 is 0. The summed E-state index contributed by atoms with van der Waals surface area (Å²) in [5.74, 6) is 0.563. The highest BCUT2D eigenvalue weighted by atomic mass is 14.9. The molecule has 0 aliphatic rings. The molecule has 0 bridgehead atoms. The van der Waals surface area contributed by atoms with Gasteiger partial charge in [-0.15, -0.1) is 0 Å².